The fourth-order valence-corrected chi connectivity index (χ4v) is 2.96. The highest BCUT2D eigenvalue weighted by Crippen LogP contribution is 2.37. The van der Waals surface area contributed by atoms with Gasteiger partial charge < -0.3 is 5.32 Å². The number of hydrogen-bond donors (Lipinski definition) is 1. The molecule has 0 aromatic carbocycles. The first-order valence-electron chi connectivity index (χ1n) is 6.70. The van der Waals surface area contributed by atoms with Gasteiger partial charge in [-0.2, -0.15) is 0 Å². The molecule has 3 nitrogen and oxygen atoms in total. The SMILES string of the molecule is C=CCCC1(CC(C)C)NC(=O)CC(C)(C)C1=O. The summed E-state index contributed by atoms with van der Waals surface area (Å²) in [6.07, 6.45) is 4.20. The van der Waals surface area contributed by atoms with Crippen molar-refractivity contribution in [2.75, 3.05) is 0 Å². The summed E-state index contributed by atoms with van der Waals surface area (Å²) in [6.45, 7) is 11.6. The number of carbonyl (C=O) groups excluding carboxylic acids is 2. The summed E-state index contributed by atoms with van der Waals surface area (Å²) in [7, 11) is 0. The molecule has 1 N–H and O–H groups in total. The first kappa shape index (κ1) is 14.9. The standard InChI is InChI=1S/C15H25NO2/c1-6-7-8-15(9-11(2)3)13(18)14(4,5)10-12(17)16-15/h6,11H,1,7-10H2,2-5H3,(H,16,17). The molecule has 1 amide bonds. The van der Waals surface area contributed by atoms with Crippen molar-refractivity contribution < 1.29 is 9.59 Å². The Morgan fingerprint density at radius 1 is 1.39 bits per heavy atom. The van der Waals surface area contributed by atoms with Gasteiger partial charge in [-0.3, -0.25) is 9.59 Å². The lowest BCUT2D eigenvalue weighted by Gasteiger charge is -2.44. The summed E-state index contributed by atoms with van der Waals surface area (Å²) in [5.74, 6) is 0.530. The molecular weight excluding hydrogens is 226 g/mol. The lowest BCUT2D eigenvalue weighted by atomic mass is 9.67. The fourth-order valence-electron chi connectivity index (χ4n) is 2.96. The van der Waals surface area contributed by atoms with Crippen molar-refractivity contribution in [2.45, 2.75) is 58.9 Å². The van der Waals surface area contributed by atoms with Crippen LogP contribution in [-0.2, 0) is 9.59 Å². The van der Waals surface area contributed by atoms with Crippen molar-refractivity contribution in [3.05, 3.63) is 12.7 Å². The van der Waals surface area contributed by atoms with Crippen LogP contribution in [0.5, 0.6) is 0 Å². The second-order valence-electron chi connectivity index (χ2n) is 6.45. The summed E-state index contributed by atoms with van der Waals surface area (Å²) in [5.41, 5.74) is -1.25. The molecule has 1 aliphatic heterocycles. The molecule has 18 heavy (non-hydrogen) atoms. The van der Waals surface area contributed by atoms with E-state index in [-0.39, 0.29) is 11.7 Å². The zero-order chi connectivity index (χ0) is 14.0. The van der Waals surface area contributed by atoms with E-state index in [4.69, 9.17) is 0 Å². The first-order chi connectivity index (χ1) is 8.23. The summed E-state index contributed by atoms with van der Waals surface area (Å²) < 4.78 is 0. The Morgan fingerprint density at radius 3 is 2.50 bits per heavy atom. The van der Waals surface area contributed by atoms with Crippen molar-refractivity contribution >= 4 is 11.7 Å². The van der Waals surface area contributed by atoms with E-state index >= 15 is 0 Å². The van der Waals surface area contributed by atoms with Crippen molar-refractivity contribution in [1.29, 1.82) is 0 Å². The predicted molar refractivity (Wildman–Crippen MR) is 73.2 cm³/mol. The lowest BCUT2D eigenvalue weighted by molar-refractivity contribution is -0.147. The van der Waals surface area contributed by atoms with E-state index in [1.807, 2.05) is 19.9 Å². The predicted octanol–water partition coefficient (Wildman–Crippen LogP) is 2.85. The van der Waals surface area contributed by atoms with Gasteiger partial charge >= 0.3 is 0 Å². The number of carbonyl (C=O) groups is 2. The van der Waals surface area contributed by atoms with Crippen molar-refractivity contribution in [3.63, 3.8) is 0 Å². The Labute approximate surface area is 110 Å². The van der Waals surface area contributed by atoms with E-state index in [0.717, 1.165) is 6.42 Å². The minimum absolute atomic E-state index is 0.00990. The van der Waals surface area contributed by atoms with Gasteiger partial charge in [0.05, 0.1) is 5.54 Å². The van der Waals surface area contributed by atoms with E-state index in [2.05, 4.69) is 25.7 Å². The van der Waals surface area contributed by atoms with Crippen LogP contribution in [0.4, 0.5) is 0 Å². The normalized spacial score (nSPS) is 27.2. The zero-order valence-corrected chi connectivity index (χ0v) is 12.0. The quantitative estimate of drug-likeness (QED) is 0.764. The Kier molecular flexibility index (Phi) is 4.36. The minimum atomic E-state index is -0.693. The summed E-state index contributed by atoms with van der Waals surface area (Å²) in [6, 6.07) is 0. The first-order valence-corrected chi connectivity index (χ1v) is 6.70. The van der Waals surface area contributed by atoms with E-state index in [1.165, 1.54) is 0 Å². The smallest absolute Gasteiger partial charge is 0.221 e. The van der Waals surface area contributed by atoms with Crippen LogP contribution in [0.25, 0.3) is 0 Å². The molecule has 102 valence electrons. The highest BCUT2D eigenvalue weighted by Gasteiger charge is 2.50. The molecule has 3 heteroatoms. The number of rotatable bonds is 5. The molecule has 0 spiro atoms. The summed E-state index contributed by atoms with van der Waals surface area (Å²) >= 11 is 0. The number of Topliss-reactive ketones (excluding diaryl/α,β-unsaturated/α-hetero) is 1. The van der Waals surface area contributed by atoms with Gasteiger partial charge in [0.1, 0.15) is 0 Å². The largest absolute Gasteiger partial charge is 0.344 e. The van der Waals surface area contributed by atoms with Gasteiger partial charge in [-0.05, 0) is 25.2 Å². The van der Waals surface area contributed by atoms with Crippen molar-refractivity contribution in [2.24, 2.45) is 11.3 Å². The molecule has 0 saturated carbocycles. The topological polar surface area (TPSA) is 46.2 Å². The molecular formula is C15H25NO2. The second-order valence-corrected chi connectivity index (χ2v) is 6.45. The van der Waals surface area contributed by atoms with Crippen LogP contribution in [0.2, 0.25) is 0 Å². The number of allylic oxidation sites excluding steroid dienone is 1. The number of ketones is 1. The fraction of sp³-hybridized carbons (Fsp3) is 0.733. The third-order valence-electron chi connectivity index (χ3n) is 3.56. The molecule has 0 aromatic rings. The number of amides is 1. The molecule has 1 heterocycles. The van der Waals surface area contributed by atoms with Gasteiger partial charge in [-0.25, -0.2) is 0 Å². The maximum absolute atomic E-state index is 12.7. The monoisotopic (exact) mass is 251 g/mol. The molecule has 1 saturated heterocycles. The molecule has 0 aromatic heterocycles. The average Bonchev–Trinajstić information content (AvgIpc) is 2.21. The highest BCUT2D eigenvalue weighted by molar-refractivity contribution is 6.02. The molecule has 0 bridgehead atoms. The molecule has 1 unspecified atom stereocenters. The third-order valence-corrected chi connectivity index (χ3v) is 3.56. The Bertz CT molecular complexity index is 358. The number of hydrogen-bond acceptors (Lipinski definition) is 2. The number of nitrogens with one attached hydrogen (secondary N) is 1. The van der Waals surface area contributed by atoms with Crippen LogP contribution < -0.4 is 5.32 Å². The van der Waals surface area contributed by atoms with Gasteiger partial charge in [0.2, 0.25) is 5.91 Å². The van der Waals surface area contributed by atoms with Crippen LogP contribution in [-0.4, -0.2) is 17.2 Å². The van der Waals surface area contributed by atoms with Crippen molar-refractivity contribution in [3.8, 4) is 0 Å². The summed E-state index contributed by atoms with van der Waals surface area (Å²) in [4.78, 5) is 24.6. The molecule has 1 aliphatic rings. The van der Waals surface area contributed by atoms with E-state index < -0.39 is 11.0 Å². The Morgan fingerprint density at radius 2 is 2.00 bits per heavy atom. The molecule has 1 rings (SSSR count). The van der Waals surface area contributed by atoms with Crippen LogP contribution >= 0.6 is 0 Å². The lowest BCUT2D eigenvalue weighted by Crippen LogP contribution is -2.64. The summed E-state index contributed by atoms with van der Waals surface area (Å²) in [5, 5.41) is 2.97. The molecule has 0 radical (unpaired) electrons. The molecule has 0 aliphatic carbocycles. The van der Waals surface area contributed by atoms with Gasteiger partial charge in [0.25, 0.3) is 0 Å². The van der Waals surface area contributed by atoms with Gasteiger partial charge in [0, 0.05) is 11.8 Å². The van der Waals surface area contributed by atoms with Gasteiger partial charge in [0.15, 0.2) is 5.78 Å². The zero-order valence-electron chi connectivity index (χ0n) is 12.0. The Balaban J connectivity index is 3.08. The van der Waals surface area contributed by atoms with Crippen LogP contribution in [0.15, 0.2) is 12.7 Å². The van der Waals surface area contributed by atoms with Crippen LogP contribution in [0.1, 0.15) is 53.4 Å². The molecule has 1 fully saturated rings. The van der Waals surface area contributed by atoms with E-state index in [1.54, 1.807) is 0 Å². The highest BCUT2D eigenvalue weighted by atomic mass is 16.2. The van der Waals surface area contributed by atoms with Crippen LogP contribution in [0.3, 0.4) is 0 Å². The third kappa shape index (κ3) is 3.01. The van der Waals surface area contributed by atoms with Gasteiger partial charge in [-0.15, -0.1) is 6.58 Å². The Hall–Kier alpha value is -1.12. The minimum Gasteiger partial charge on any atom is -0.344 e. The second kappa shape index (κ2) is 5.25. The van der Waals surface area contributed by atoms with Crippen molar-refractivity contribution in [1.82, 2.24) is 5.32 Å². The maximum atomic E-state index is 12.7. The number of piperidine rings is 1. The average molecular weight is 251 g/mol. The van der Waals surface area contributed by atoms with Gasteiger partial charge in [-0.1, -0.05) is 33.8 Å². The van der Waals surface area contributed by atoms with E-state index in [9.17, 15) is 9.59 Å². The van der Waals surface area contributed by atoms with Crippen LogP contribution in [0, 0.1) is 11.3 Å². The van der Waals surface area contributed by atoms with E-state index in [0.29, 0.717) is 25.2 Å². The molecule has 1 atom stereocenters. The maximum Gasteiger partial charge on any atom is 0.221 e.